The van der Waals surface area contributed by atoms with Crippen molar-refractivity contribution in [3.8, 4) is 0 Å². The first-order valence-electron chi connectivity index (χ1n) is 6.83. The van der Waals surface area contributed by atoms with Crippen molar-refractivity contribution in [1.82, 2.24) is 4.90 Å². The Morgan fingerprint density at radius 2 is 1.74 bits per heavy atom. The van der Waals surface area contributed by atoms with Crippen molar-refractivity contribution in [2.24, 2.45) is 5.73 Å². The van der Waals surface area contributed by atoms with Gasteiger partial charge in [0.25, 0.3) is 0 Å². The van der Waals surface area contributed by atoms with Gasteiger partial charge < -0.3 is 10.6 Å². The lowest BCUT2D eigenvalue weighted by molar-refractivity contribution is -0.137. The van der Waals surface area contributed by atoms with E-state index in [1.807, 2.05) is 0 Å². The van der Waals surface area contributed by atoms with Crippen LogP contribution in [0.25, 0.3) is 0 Å². The van der Waals surface area contributed by atoms with E-state index in [1.54, 1.807) is 11.9 Å². The molecule has 0 bridgehead atoms. The standard InChI is InChI=1S/C14H19F3N2O3S/c1-19(7-9-23(21,22)8-6-13(18)20)10-11-2-4-12(5-3-11)14(15,16)17/h2-5H,6-10H2,1H3,(H2,18,20). The summed E-state index contributed by atoms with van der Waals surface area (Å²) in [6.45, 7) is 0.533. The second-order valence-corrected chi connectivity index (χ2v) is 7.60. The molecule has 130 valence electrons. The van der Waals surface area contributed by atoms with Gasteiger partial charge in [-0.25, -0.2) is 8.42 Å². The highest BCUT2D eigenvalue weighted by Crippen LogP contribution is 2.29. The zero-order valence-corrected chi connectivity index (χ0v) is 13.5. The highest BCUT2D eigenvalue weighted by molar-refractivity contribution is 7.91. The highest BCUT2D eigenvalue weighted by Gasteiger charge is 2.29. The van der Waals surface area contributed by atoms with Crippen LogP contribution in [0.4, 0.5) is 13.2 Å². The second-order valence-electron chi connectivity index (χ2n) is 5.30. The molecule has 9 heteroatoms. The molecule has 0 unspecified atom stereocenters. The molecule has 0 saturated heterocycles. The van der Waals surface area contributed by atoms with Crippen LogP contribution in [0.15, 0.2) is 24.3 Å². The number of amides is 1. The van der Waals surface area contributed by atoms with E-state index in [-0.39, 0.29) is 24.5 Å². The summed E-state index contributed by atoms with van der Waals surface area (Å²) in [6.07, 6.45) is -4.59. The minimum Gasteiger partial charge on any atom is -0.370 e. The van der Waals surface area contributed by atoms with Crippen LogP contribution in [0.2, 0.25) is 0 Å². The molecule has 0 fully saturated rings. The number of nitrogens with two attached hydrogens (primary N) is 1. The van der Waals surface area contributed by atoms with Crippen molar-refractivity contribution in [3.63, 3.8) is 0 Å². The lowest BCUT2D eigenvalue weighted by Gasteiger charge is -2.17. The molecule has 2 N–H and O–H groups in total. The predicted molar refractivity (Wildman–Crippen MR) is 80.2 cm³/mol. The molecule has 0 atom stereocenters. The molecule has 5 nitrogen and oxygen atoms in total. The molecule has 0 aromatic heterocycles. The van der Waals surface area contributed by atoms with Crippen molar-refractivity contribution in [2.75, 3.05) is 25.1 Å². The number of carbonyl (C=O) groups is 1. The topological polar surface area (TPSA) is 80.5 Å². The normalized spacial score (nSPS) is 12.6. The Bertz CT molecular complexity index is 628. The van der Waals surface area contributed by atoms with Gasteiger partial charge in [0.2, 0.25) is 5.91 Å². The molecule has 1 aromatic rings. The molecule has 23 heavy (non-hydrogen) atoms. The van der Waals surface area contributed by atoms with Crippen molar-refractivity contribution in [3.05, 3.63) is 35.4 Å². The average Bonchev–Trinajstić information content (AvgIpc) is 2.43. The van der Waals surface area contributed by atoms with E-state index in [9.17, 15) is 26.4 Å². The number of nitrogens with zero attached hydrogens (tertiary/aromatic N) is 1. The quantitative estimate of drug-likeness (QED) is 0.767. The molecule has 0 heterocycles. The van der Waals surface area contributed by atoms with Crippen LogP contribution in [-0.2, 0) is 27.4 Å². The SMILES string of the molecule is CN(CCS(=O)(=O)CCC(N)=O)Cc1ccc(C(F)(F)F)cc1. The number of carbonyl (C=O) groups excluding carboxylic acids is 1. The molecular weight excluding hydrogens is 333 g/mol. The molecule has 0 aliphatic rings. The van der Waals surface area contributed by atoms with Gasteiger partial charge in [0.15, 0.2) is 9.84 Å². The minimum absolute atomic E-state index is 0.141. The molecule has 0 radical (unpaired) electrons. The van der Waals surface area contributed by atoms with Gasteiger partial charge in [0.05, 0.1) is 17.1 Å². The number of sulfone groups is 1. The van der Waals surface area contributed by atoms with Gasteiger partial charge in [0.1, 0.15) is 0 Å². The van der Waals surface area contributed by atoms with Crippen LogP contribution in [0.3, 0.4) is 0 Å². The summed E-state index contributed by atoms with van der Waals surface area (Å²) < 4.78 is 60.7. The predicted octanol–water partition coefficient (Wildman–Crippen LogP) is 1.43. The van der Waals surface area contributed by atoms with Crippen LogP contribution >= 0.6 is 0 Å². The fourth-order valence-electron chi connectivity index (χ4n) is 1.84. The molecule has 1 amide bonds. The van der Waals surface area contributed by atoms with Gasteiger partial charge in [-0.1, -0.05) is 12.1 Å². The van der Waals surface area contributed by atoms with E-state index in [4.69, 9.17) is 5.73 Å². The Labute approximate surface area is 133 Å². The summed E-state index contributed by atoms with van der Waals surface area (Å²) in [5.74, 6) is -1.11. The van der Waals surface area contributed by atoms with Gasteiger partial charge in [0, 0.05) is 19.5 Å². The van der Waals surface area contributed by atoms with Gasteiger partial charge in [-0.3, -0.25) is 4.79 Å². The van der Waals surface area contributed by atoms with E-state index in [0.717, 1.165) is 12.1 Å². The van der Waals surface area contributed by atoms with Crippen LogP contribution in [0.5, 0.6) is 0 Å². The molecule has 0 aliphatic heterocycles. The van der Waals surface area contributed by atoms with Gasteiger partial charge in [-0.15, -0.1) is 0 Å². The third-order valence-corrected chi connectivity index (χ3v) is 4.81. The summed E-state index contributed by atoms with van der Waals surface area (Å²) in [5.41, 5.74) is 4.83. The Morgan fingerprint density at radius 3 is 2.22 bits per heavy atom. The zero-order chi connectivity index (χ0) is 17.7. The van der Waals surface area contributed by atoms with Gasteiger partial charge in [-0.05, 0) is 24.7 Å². The van der Waals surface area contributed by atoms with Crippen molar-refractivity contribution < 1.29 is 26.4 Å². The fourth-order valence-corrected chi connectivity index (χ4v) is 3.15. The maximum absolute atomic E-state index is 12.5. The first-order valence-corrected chi connectivity index (χ1v) is 8.65. The third-order valence-electron chi connectivity index (χ3n) is 3.18. The Hall–Kier alpha value is -1.61. The lowest BCUT2D eigenvalue weighted by atomic mass is 10.1. The van der Waals surface area contributed by atoms with E-state index in [0.29, 0.717) is 12.1 Å². The number of hydrogen-bond acceptors (Lipinski definition) is 4. The summed E-state index contributed by atoms with van der Waals surface area (Å²) in [7, 11) is -1.71. The maximum Gasteiger partial charge on any atom is 0.416 e. The highest BCUT2D eigenvalue weighted by atomic mass is 32.2. The largest absolute Gasteiger partial charge is 0.416 e. The van der Waals surface area contributed by atoms with Crippen molar-refractivity contribution >= 4 is 15.7 Å². The van der Waals surface area contributed by atoms with E-state index >= 15 is 0 Å². The van der Waals surface area contributed by atoms with E-state index in [1.165, 1.54) is 12.1 Å². The summed E-state index contributed by atoms with van der Waals surface area (Å²) in [5, 5.41) is 0. The van der Waals surface area contributed by atoms with Crippen LogP contribution in [-0.4, -0.2) is 44.3 Å². The molecule has 1 rings (SSSR count). The summed E-state index contributed by atoms with van der Waals surface area (Å²) >= 11 is 0. The zero-order valence-electron chi connectivity index (χ0n) is 12.6. The number of benzene rings is 1. The summed E-state index contributed by atoms with van der Waals surface area (Å²) in [6, 6.07) is 4.71. The maximum atomic E-state index is 12.5. The third kappa shape index (κ3) is 7.47. The Kier molecular flexibility index (Phi) is 6.57. The molecule has 0 saturated carbocycles. The smallest absolute Gasteiger partial charge is 0.370 e. The second kappa shape index (κ2) is 7.78. The number of halogens is 3. The number of alkyl halides is 3. The lowest BCUT2D eigenvalue weighted by Crippen LogP contribution is -2.27. The van der Waals surface area contributed by atoms with Crippen LogP contribution in [0, 0.1) is 0 Å². The van der Waals surface area contributed by atoms with Crippen LogP contribution in [0.1, 0.15) is 17.5 Å². The first kappa shape index (κ1) is 19.4. The minimum atomic E-state index is -4.38. The Balaban J connectivity index is 2.50. The van der Waals surface area contributed by atoms with Crippen LogP contribution < -0.4 is 5.73 Å². The van der Waals surface area contributed by atoms with Crippen molar-refractivity contribution in [1.29, 1.82) is 0 Å². The van der Waals surface area contributed by atoms with E-state index in [2.05, 4.69) is 0 Å². The molecule has 0 aliphatic carbocycles. The summed E-state index contributed by atoms with van der Waals surface area (Å²) in [4.78, 5) is 12.3. The number of hydrogen-bond donors (Lipinski definition) is 1. The van der Waals surface area contributed by atoms with Gasteiger partial charge in [-0.2, -0.15) is 13.2 Å². The monoisotopic (exact) mass is 352 g/mol. The van der Waals surface area contributed by atoms with Gasteiger partial charge >= 0.3 is 6.18 Å². The molecule has 0 spiro atoms. The molecular formula is C14H19F3N2O3S. The first-order chi connectivity index (χ1) is 10.5. The number of primary amides is 1. The fraction of sp³-hybridized carbons (Fsp3) is 0.500. The molecule has 1 aromatic carbocycles. The van der Waals surface area contributed by atoms with E-state index < -0.39 is 27.5 Å². The van der Waals surface area contributed by atoms with Crippen molar-refractivity contribution in [2.45, 2.75) is 19.1 Å². The Morgan fingerprint density at radius 1 is 1.17 bits per heavy atom. The number of rotatable bonds is 8. The average molecular weight is 352 g/mol.